The predicted molar refractivity (Wildman–Crippen MR) is 97.4 cm³/mol. The molecule has 0 saturated carbocycles. The summed E-state index contributed by atoms with van der Waals surface area (Å²) in [7, 11) is 1.54. The van der Waals surface area contributed by atoms with Crippen LogP contribution in [0, 0.1) is 25.2 Å². The Hall–Kier alpha value is -3.33. The van der Waals surface area contributed by atoms with E-state index in [2.05, 4.69) is 10.6 Å². The van der Waals surface area contributed by atoms with Gasteiger partial charge in [-0.1, -0.05) is 18.2 Å². The number of aryl methyl sites for hydroxylation is 2. The van der Waals surface area contributed by atoms with E-state index in [1.807, 2.05) is 38.1 Å². The standard InChI is InChI=1S/C19H20N4O2/c1-13-5-4-6-14(2)18(13)22-17(24)12-23(3)19(25)21-16-9-7-15(11-20)8-10-16/h4-10H,12H2,1-3H3,(H,21,25)(H,22,24). The number of carbonyl (C=O) groups excluding carboxylic acids is 2. The number of nitriles is 1. The molecule has 6 heteroatoms. The molecule has 2 N–H and O–H groups in total. The molecule has 6 nitrogen and oxygen atoms in total. The van der Waals surface area contributed by atoms with Crippen LogP contribution in [0.15, 0.2) is 42.5 Å². The SMILES string of the molecule is Cc1cccc(C)c1NC(=O)CN(C)C(=O)Nc1ccc(C#N)cc1. The van der Waals surface area contributed by atoms with E-state index in [0.29, 0.717) is 11.3 Å². The van der Waals surface area contributed by atoms with E-state index in [0.717, 1.165) is 16.8 Å². The van der Waals surface area contributed by atoms with E-state index >= 15 is 0 Å². The number of nitrogens with zero attached hydrogens (tertiary/aromatic N) is 2. The van der Waals surface area contributed by atoms with Gasteiger partial charge in [-0.05, 0) is 49.2 Å². The number of hydrogen-bond donors (Lipinski definition) is 2. The van der Waals surface area contributed by atoms with Crippen molar-refractivity contribution in [3.8, 4) is 6.07 Å². The molecule has 128 valence electrons. The number of nitrogens with one attached hydrogen (secondary N) is 2. The van der Waals surface area contributed by atoms with Crippen molar-refractivity contribution in [2.45, 2.75) is 13.8 Å². The molecule has 2 aromatic rings. The van der Waals surface area contributed by atoms with E-state index in [9.17, 15) is 9.59 Å². The fourth-order valence-electron chi connectivity index (χ4n) is 2.32. The Kier molecular flexibility index (Phi) is 5.75. The number of hydrogen-bond acceptors (Lipinski definition) is 3. The van der Waals surface area contributed by atoms with Gasteiger partial charge in [-0.2, -0.15) is 5.26 Å². The highest BCUT2D eigenvalue weighted by atomic mass is 16.2. The van der Waals surface area contributed by atoms with Gasteiger partial charge < -0.3 is 15.5 Å². The highest BCUT2D eigenvalue weighted by molar-refractivity contribution is 5.97. The van der Waals surface area contributed by atoms with Crippen molar-refractivity contribution in [3.05, 3.63) is 59.2 Å². The average Bonchev–Trinajstić information content (AvgIpc) is 2.59. The van der Waals surface area contributed by atoms with Gasteiger partial charge in [-0.25, -0.2) is 4.79 Å². The molecule has 0 aliphatic rings. The summed E-state index contributed by atoms with van der Waals surface area (Å²) in [5.74, 6) is -0.269. The summed E-state index contributed by atoms with van der Waals surface area (Å²) in [6.45, 7) is 3.77. The zero-order valence-electron chi connectivity index (χ0n) is 14.5. The fraction of sp³-hybridized carbons (Fsp3) is 0.211. The molecule has 0 aliphatic carbocycles. The summed E-state index contributed by atoms with van der Waals surface area (Å²) >= 11 is 0. The normalized spacial score (nSPS) is 9.84. The molecule has 0 fully saturated rings. The lowest BCUT2D eigenvalue weighted by atomic mass is 10.1. The molecule has 0 atom stereocenters. The minimum Gasteiger partial charge on any atom is -0.324 e. The third kappa shape index (κ3) is 4.82. The van der Waals surface area contributed by atoms with Crippen molar-refractivity contribution in [1.29, 1.82) is 5.26 Å². The van der Waals surface area contributed by atoms with E-state index in [1.165, 1.54) is 4.90 Å². The molecular formula is C19H20N4O2. The smallest absolute Gasteiger partial charge is 0.322 e. The molecule has 0 bridgehead atoms. The van der Waals surface area contributed by atoms with Gasteiger partial charge in [0.25, 0.3) is 0 Å². The van der Waals surface area contributed by atoms with Crippen molar-refractivity contribution in [3.63, 3.8) is 0 Å². The van der Waals surface area contributed by atoms with Crippen LogP contribution in [0.4, 0.5) is 16.2 Å². The first-order valence-electron chi connectivity index (χ1n) is 7.79. The van der Waals surface area contributed by atoms with Crippen LogP contribution in [-0.2, 0) is 4.79 Å². The van der Waals surface area contributed by atoms with Crippen LogP contribution in [0.25, 0.3) is 0 Å². The molecule has 0 unspecified atom stereocenters. The molecule has 0 aromatic heterocycles. The molecule has 2 rings (SSSR count). The van der Waals surface area contributed by atoms with Crippen molar-refractivity contribution >= 4 is 23.3 Å². The summed E-state index contributed by atoms with van der Waals surface area (Å²) in [6, 6.07) is 13.9. The van der Waals surface area contributed by atoms with Gasteiger partial charge in [0.15, 0.2) is 0 Å². The van der Waals surface area contributed by atoms with Crippen molar-refractivity contribution in [2.24, 2.45) is 0 Å². The van der Waals surface area contributed by atoms with Crippen LogP contribution in [0.5, 0.6) is 0 Å². The first-order chi connectivity index (χ1) is 11.9. The second-order valence-electron chi connectivity index (χ2n) is 5.79. The van der Waals surface area contributed by atoms with Gasteiger partial charge in [-0.15, -0.1) is 0 Å². The van der Waals surface area contributed by atoms with Gasteiger partial charge in [0.2, 0.25) is 5.91 Å². The lowest BCUT2D eigenvalue weighted by Gasteiger charge is -2.18. The van der Waals surface area contributed by atoms with Gasteiger partial charge in [-0.3, -0.25) is 4.79 Å². The number of amides is 3. The number of rotatable bonds is 4. The van der Waals surface area contributed by atoms with E-state index in [4.69, 9.17) is 5.26 Å². The van der Waals surface area contributed by atoms with Crippen molar-refractivity contribution in [2.75, 3.05) is 24.2 Å². The van der Waals surface area contributed by atoms with Crippen LogP contribution in [0.3, 0.4) is 0 Å². The maximum Gasteiger partial charge on any atom is 0.322 e. The van der Waals surface area contributed by atoms with Crippen molar-refractivity contribution < 1.29 is 9.59 Å². The number of urea groups is 1. The highest BCUT2D eigenvalue weighted by Gasteiger charge is 2.14. The van der Waals surface area contributed by atoms with Crippen LogP contribution >= 0.6 is 0 Å². The van der Waals surface area contributed by atoms with Crippen LogP contribution in [-0.4, -0.2) is 30.4 Å². The molecule has 2 aromatic carbocycles. The Morgan fingerprint density at radius 2 is 1.64 bits per heavy atom. The number of carbonyl (C=O) groups is 2. The minimum atomic E-state index is -0.402. The average molecular weight is 336 g/mol. The molecule has 25 heavy (non-hydrogen) atoms. The van der Waals surface area contributed by atoms with Gasteiger partial charge in [0, 0.05) is 18.4 Å². The van der Waals surface area contributed by atoms with E-state index in [1.54, 1.807) is 31.3 Å². The lowest BCUT2D eigenvalue weighted by molar-refractivity contribution is -0.116. The second kappa shape index (κ2) is 7.97. The third-order valence-corrected chi connectivity index (χ3v) is 3.74. The lowest BCUT2D eigenvalue weighted by Crippen LogP contribution is -2.37. The fourth-order valence-corrected chi connectivity index (χ4v) is 2.32. The molecule has 0 heterocycles. The third-order valence-electron chi connectivity index (χ3n) is 3.74. The predicted octanol–water partition coefficient (Wildman–Crippen LogP) is 3.28. The largest absolute Gasteiger partial charge is 0.324 e. The van der Waals surface area contributed by atoms with Crippen LogP contribution in [0.2, 0.25) is 0 Å². The van der Waals surface area contributed by atoms with E-state index < -0.39 is 6.03 Å². The number of likely N-dealkylation sites (N-methyl/N-ethyl adjacent to an activating group) is 1. The zero-order valence-corrected chi connectivity index (χ0v) is 14.5. The van der Waals surface area contributed by atoms with Gasteiger partial charge in [0.1, 0.15) is 6.54 Å². The maximum absolute atomic E-state index is 12.2. The monoisotopic (exact) mass is 336 g/mol. The Balaban J connectivity index is 1.93. The molecule has 0 spiro atoms. The first kappa shape index (κ1) is 18.0. The van der Waals surface area contributed by atoms with Crippen LogP contribution < -0.4 is 10.6 Å². The molecule has 0 radical (unpaired) electrons. The maximum atomic E-state index is 12.2. The Bertz CT molecular complexity index is 802. The second-order valence-corrected chi connectivity index (χ2v) is 5.79. The Labute approximate surface area is 147 Å². The van der Waals surface area contributed by atoms with Crippen LogP contribution in [0.1, 0.15) is 16.7 Å². The number of para-hydroxylation sites is 1. The summed E-state index contributed by atoms with van der Waals surface area (Å²) in [5.41, 5.74) is 3.79. The Morgan fingerprint density at radius 3 is 2.20 bits per heavy atom. The highest BCUT2D eigenvalue weighted by Crippen LogP contribution is 2.19. The van der Waals surface area contributed by atoms with Crippen molar-refractivity contribution in [1.82, 2.24) is 4.90 Å². The summed E-state index contributed by atoms with van der Waals surface area (Å²) in [5, 5.41) is 14.3. The Morgan fingerprint density at radius 1 is 1.04 bits per heavy atom. The molecule has 3 amide bonds. The van der Waals surface area contributed by atoms with Gasteiger partial charge >= 0.3 is 6.03 Å². The molecule has 0 aliphatic heterocycles. The first-order valence-corrected chi connectivity index (χ1v) is 7.79. The summed E-state index contributed by atoms with van der Waals surface area (Å²) < 4.78 is 0. The van der Waals surface area contributed by atoms with Gasteiger partial charge in [0.05, 0.1) is 11.6 Å². The number of anilines is 2. The molecule has 0 saturated heterocycles. The molecular weight excluding hydrogens is 316 g/mol. The quantitative estimate of drug-likeness (QED) is 0.898. The van der Waals surface area contributed by atoms with E-state index in [-0.39, 0.29) is 12.5 Å². The number of benzene rings is 2. The summed E-state index contributed by atoms with van der Waals surface area (Å²) in [6.07, 6.45) is 0. The zero-order chi connectivity index (χ0) is 18.4. The minimum absolute atomic E-state index is 0.0735. The topological polar surface area (TPSA) is 85.2 Å². The summed E-state index contributed by atoms with van der Waals surface area (Å²) in [4.78, 5) is 25.7.